The second-order valence-corrected chi connectivity index (χ2v) is 1.82. The summed E-state index contributed by atoms with van der Waals surface area (Å²) in [4.78, 5) is 0. The minimum absolute atomic E-state index is 0.494. The van der Waals surface area contributed by atoms with Crippen LogP contribution in [0.1, 0.15) is 35.8 Å². The molecule has 0 unspecified atom stereocenters. The Morgan fingerprint density at radius 1 is 1.12 bits per heavy atom. The lowest BCUT2D eigenvalue weighted by molar-refractivity contribution is 1.35. The molecule has 0 aliphatic rings. The highest BCUT2D eigenvalue weighted by molar-refractivity contribution is 5.12. The molecule has 0 rings (SSSR count). The van der Waals surface area contributed by atoms with Gasteiger partial charge in [-0.3, -0.25) is 0 Å². The lowest BCUT2D eigenvalue weighted by Gasteiger charge is -1.84. The Bertz CT molecular complexity index is 232. The molecular formula is C8H14. The highest BCUT2D eigenvalue weighted by atomic mass is 13.8. The van der Waals surface area contributed by atoms with Crippen molar-refractivity contribution in [1.82, 2.24) is 0 Å². The van der Waals surface area contributed by atoms with Gasteiger partial charge in [0.25, 0.3) is 0 Å². The summed E-state index contributed by atoms with van der Waals surface area (Å²) >= 11 is 0. The van der Waals surface area contributed by atoms with E-state index in [9.17, 15) is 0 Å². The minimum atomic E-state index is -2.56. The zero-order chi connectivity index (χ0) is 11.6. The molecule has 0 saturated heterocycles. The molecule has 46 valence electrons. The average molecular weight is 116 g/mol. The Morgan fingerprint density at radius 3 is 2.00 bits per heavy atom. The molecule has 0 bridgehead atoms. The summed E-state index contributed by atoms with van der Waals surface area (Å²) in [6.45, 7) is -1.57. The van der Waals surface area contributed by atoms with Crippen LogP contribution < -0.4 is 0 Å². The molecule has 0 aliphatic heterocycles. The van der Waals surface area contributed by atoms with Crippen LogP contribution in [0.25, 0.3) is 0 Å². The van der Waals surface area contributed by atoms with Gasteiger partial charge in [-0.25, -0.2) is 0 Å². The quantitative estimate of drug-likeness (QED) is 0.462. The van der Waals surface area contributed by atoms with Gasteiger partial charge in [0.1, 0.15) is 0 Å². The number of rotatable bonds is 1. The lowest BCUT2D eigenvalue weighted by Crippen LogP contribution is -1.62. The van der Waals surface area contributed by atoms with Gasteiger partial charge in [-0.2, -0.15) is 0 Å². The van der Waals surface area contributed by atoms with Crippen molar-refractivity contribution >= 4 is 0 Å². The van der Waals surface area contributed by atoms with E-state index in [4.69, 9.17) is 8.22 Å². The first-order valence-electron chi connectivity index (χ1n) is 5.41. The summed E-state index contributed by atoms with van der Waals surface area (Å²) < 4.78 is 42.4. The van der Waals surface area contributed by atoms with Crippen LogP contribution >= 0.6 is 0 Å². The van der Waals surface area contributed by atoms with Crippen molar-refractivity contribution in [2.75, 3.05) is 0 Å². The first-order valence-corrected chi connectivity index (χ1v) is 2.41. The molecule has 0 aromatic heterocycles. The van der Waals surface area contributed by atoms with E-state index in [1.54, 1.807) is 13.8 Å². The first kappa shape index (κ1) is 2.02. The topological polar surface area (TPSA) is 0 Å². The maximum Gasteiger partial charge on any atom is 0.0276 e. The monoisotopic (exact) mass is 116 g/mol. The van der Waals surface area contributed by atoms with Crippen LogP contribution in [0.4, 0.5) is 0 Å². The van der Waals surface area contributed by atoms with Crippen molar-refractivity contribution in [3.63, 3.8) is 0 Å². The van der Waals surface area contributed by atoms with E-state index in [0.717, 1.165) is 11.6 Å². The van der Waals surface area contributed by atoms with Gasteiger partial charge in [-0.15, -0.1) is 0 Å². The van der Waals surface area contributed by atoms with Gasteiger partial charge in [-0.05, 0) is 27.6 Å². The molecule has 0 atom stereocenters. The second kappa shape index (κ2) is 3.48. The van der Waals surface area contributed by atoms with Gasteiger partial charge in [0.2, 0.25) is 0 Å². The predicted octanol–water partition coefficient (Wildman–Crippen LogP) is 2.92. The Labute approximate surface area is 60.3 Å². The average Bonchev–Trinajstić information content (AvgIpc) is 1.78. The zero-order valence-electron chi connectivity index (χ0n) is 11.2. The minimum Gasteiger partial charge on any atom is -0.0764 e. The third-order valence-electron chi connectivity index (χ3n) is 0.583. The van der Waals surface area contributed by atoms with Crippen LogP contribution in [0.5, 0.6) is 0 Å². The van der Waals surface area contributed by atoms with E-state index in [1.807, 2.05) is 0 Å². The molecule has 0 aliphatic carbocycles. The van der Waals surface area contributed by atoms with Crippen molar-refractivity contribution < 1.29 is 8.22 Å². The van der Waals surface area contributed by atoms with Crippen molar-refractivity contribution in [2.45, 2.75) is 27.6 Å². The Balaban J connectivity index is 5.15. The molecule has 0 spiro atoms. The molecule has 0 radical (unpaired) electrons. The van der Waals surface area contributed by atoms with Crippen molar-refractivity contribution in [2.24, 2.45) is 0 Å². The first-order chi connectivity index (χ1) is 6.05. The summed E-state index contributed by atoms with van der Waals surface area (Å²) in [5.41, 5.74) is 0.363. The molecule has 0 amide bonds. The van der Waals surface area contributed by atoms with Crippen molar-refractivity contribution in [3.05, 3.63) is 23.3 Å². The van der Waals surface area contributed by atoms with Gasteiger partial charge in [0.15, 0.2) is 0 Å². The normalized spacial score (nSPS) is 22.2. The summed E-state index contributed by atoms with van der Waals surface area (Å²) in [7, 11) is 0. The number of allylic oxidation sites excluding steroid dienone is 4. The summed E-state index contributed by atoms with van der Waals surface area (Å²) in [6, 6.07) is 0. The standard InChI is InChI=1S/C8H14/c1-7(2)5-6-8(3)4/h5-6H,1-4H3/i1D3,2D3. The van der Waals surface area contributed by atoms with E-state index in [1.165, 1.54) is 6.08 Å². The van der Waals surface area contributed by atoms with Gasteiger partial charge in [0.05, 0.1) is 0 Å². The highest BCUT2D eigenvalue weighted by Gasteiger charge is 1.71. The van der Waals surface area contributed by atoms with Crippen LogP contribution in [0.3, 0.4) is 0 Å². The third kappa shape index (κ3) is 5.48. The van der Waals surface area contributed by atoms with Crippen molar-refractivity contribution in [3.8, 4) is 0 Å². The number of hydrogen-bond donors (Lipinski definition) is 0. The van der Waals surface area contributed by atoms with E-state index < -0.39 is 19.3 Å². The Kier molecular flexibility index (Phi) is 0.877. The zero-order valence-corrected chi connectivity index (χ0v) is 5.15. The lowest BCUT2D eigenvalue weighted by atomic mass is 10.2. The molecular weight excluding hydrogens is 96.1 g/mol. The third-order valence-corrected chi connectivity index (χ3v) is 0.583. The molecule has 0 aromatic carbocycles. The van der Waals surface area contributed by atoms with E-state index in [-0.39, 0.29) is 0 Å². The summed E-state index contributed by atoms with van der Waals surface area (Å²) in [5.74, 6) is 0. The van der Waals surface area contributed by atoms with E-state index in [0.29, 0.717) is 0 Å². The largest absolute Gasteiger partial charge is 0.0764 e. The predicted molar refractivity (Wildman–Crippen MR) is 38.9 cm³/mol. The van der Waals surface area contributed by atoms with Crippen LogP contribution in [-0.2, 0) is 0 Å². The van der Waals surface area contributed by atoms with Crippen LogP contribution in [-0.4, -0.2) is 0 Å². The summed E-state index contributed by atoms with van der Waals surface area (Å²) in [5, 5.41) is 0. The highest BCUT2D eigenvalue weighted by Crippen LogP contribution is 1.93. The van der Waals surface area contributed by atoms with Crippen LogP contribution in [0.15, 0.2) is 23.3 Å². The molecule has 0 aromatic rings. The Hall–Kier alpha value is -0.520. The molecule has 0 nitrogen and oxygen atoms in total. The SMILES string of the molecule is [2H]C([2H])([2H])C(=CC=C(C)C)C([2H])([2H])[2H]. The molecule has 0 heteroatoms. The Morgan fingerprint density at radius 2 is 1.62 bits per heavy atom. The molecule has 0 saturated carbocycles. The fourth-order valence-electron chi connectivity index (χ4n) is 0.250. The fraction of sp³-hybridized carbons (Fsp3) is 0.500. The number of hydrogen-bond acceptors (Lipinski definition) is 0. The second-order valence-electron chi connectivity index (χ2n) is 1.82. The van der Waals surface area contributed by atoms with Crippen molar-refractivity contribution in [1.29, 1.82) is 0 Å². The molecule has 8 heavy (non-hydrogen) atoms. The van der Waals surface area contributed by atoms with E-state index >= 15 is 0 Å². The molecule has 0 fully saturated rings. The maximum absolute atomic E-state index is 7.06. The molecule has 0 heterocycles. The van der Waals surface area contributed by atoms with Gasteiger partial charge < -0.3 is 0 Å². The van der Waals surface area contributed by atoms with Crippen LogP contribution in [0.2, 0.25) is 0 Å². The fourth-order valence-corrected chi connectivity index (χ4v) is 0.250. The maximum atomic E-state index is 7.06. The van der Waals surface area contributed by atoms with Gasteiger partial charge in [0, 0.05) is 8.22 Å². The van der Waals surface area contributed by atoms with Crippen LogP contribution in [0, 0.1) is 0 Å². The van der Waals surface area contributed by atoms with Gasteiger partial charge in [-0.1, -0.05) is 23.3 Å². The molecule has 0 N–H and O–H groups in total. The smallest absolute Gasteiger partial charge is 0.0276 e. The van der Waals surface area contributed by atoms with E-state index in [2.05, 4.69) is 0 Å². The summed E-state index contributed by atoms with van der Waals surface area (Å²) in [6.07, 6.45) is 2.66. The van der Waals surface area contributed by atoms with Gasteiger partial charge >= 0.3 is 0 Å².